The summed E-state index contributed by atoms with van der Waals surface area (Å²) < 4.78 is 3.31. The molecule has 7 nitrogen and oxygen atoms in total. The highest BCUT2D eigenvalue weighted by atomic mass is 16.2. The van der Waals surface area contributed by atoms with Crippen molar-refractivity contribution in [2.45, 2.75) is 13.0 Å². The summed E-state index contributed by atoms with van der Waals surface area (Å²) in [5.41, 5.74) is 1.68. The highest BCUT2D eigenvalue weighted by Crippen LogP contribution is 2.15. The Labute approximate surface area is 111 Å². The second kappa shape index (κ2) is 5.23. The number of nitrogens with one attached hydrogen (secondary N) is 2. The zero-order valence-electron chi connectivity index (χ0n) is 11.5. The van der Waals surface area contributed by atoms with Gasteiger partial charge in [-0.05, 0) is 14.0 Å². The Balaban J connectivity index is 2.15. The van der Waals surface area contributed by atoms with Crippen LogP contribution in [0.25, 0.3) is 0 Å². The van der Waals surface area contributed by atoms with Crippen LogP contribution >= 0.6 is 0 Å². The number of carbonyl (C=O) groups excluding carboxylic acids is 1. The molecule has 0 aliphatic rings. The summed E-state index contributed by atoms with van der Waals surface area (Å²) in [6, 6.07) is 1.39. The molecule has 0 saturated heterocycles. The lowest BCUT2D eigenvalue weighted by atomic mass is 10.1. The summed E-state index contributed by atoms with van der Waals surface area (Å²) in [7, 11) is 5.35. The lowest BCUT2D eigenvalue weighted by Gasteiger charge is -2.14. The molecule has 1 atom stereocenters. The minimum absolute atomic E-state index is 0.140. The van der Waals surface area contributed by atoms with Crippen LogP contribution in [0.4, 0.5) is 5.82 Å². The van der Waals surface area contributed by atoms with Crippen LogP contribution in [0.3, 0.4) is 0 Å². The number of aromatic nitrogens is 4. The van der Waals surface area contributed by atoms with Crippen molar-refractivity contribution in [3.63, 3.8) is 0 Å². The fourth-order valence-corrected chi connectivity index (χ4v) is 1.96. The van der Waals surface area contributed by atoms with E-state index < -0.39 is 6.04 Å². The second-order valence-corrected chi connectivity index (χ2v) is 4.45. The number of carbonyl (C=O) groups is 1. The smallest absolute Gasteiger partial charge is 0.247 e. The van der Waals surface area contributed by atoms with Crippen LogP contribution in [0.2, 0.25) is 0 Å². The Kier molecular flexibility index (Phi) is 3.66. The van der Waals surface area contributed by atoms with Crippen molar-refractivity contribution in [2.75, 3.05) is 12.4 Å². The van der Waals surface area contributed by atoms with Crippen LogP contribution in [0.15, 0.2) is 18.5 Å². The number of amides is 1. The van der Waals surface area contributed by atoms with E-state index in [9.17, 15) is 4.79 Å². The van der Waals surface area contributed by atoms with E-state index in [1.807, 2.05) is 26.2 Å². The summed E-state index contributed by atoms with van der Waals surface area (Å²) in [6.45, 7) is 1.88. The average molecular weight is 262 g/mol. The molecule has 7 heteroatoms. The highest BCUT2D eigenvalue weighted by Gasteiger charge is 2.21. The Bertz CT molecular complexity index is 585. The highest BCUT2D eigenvalue weighted by molar-refractivity contribution is 5.94. The lowest BCUT2D eigenvalue weighted by molar-refractivity contribution is -0.118. The lowest BCUT2D eigenvalue weighted by Crippen LogP contribution is -2.31. The van der Waals surface area contributed by atoms with Crippen LogP contribution in [0.1, 0.15) is 17.3 Å². The van der Waals surface area contributed by atoms with Gasteiger partial charge in [0.05, 0.1) is 11.9 Å². The molecule has 0 saturated carbocycles. The summed E-state index contributed by atoms with van der Waals surface area (Å²) >= 11 is 0. The molecule has 2 aromatic heterocycles. The topological polar surface area (TPSA) is 76.8 Å². The van der Waals surface area contributed by atoms with Gasteiger partial charge in [-0.3, -0.25) is 14.2 Å². The van der Waals surface area contributed by atoms with E-state index in [0.717, 1.165) is 11.3 Å². The normalized spacial score (nSPS) is 12.4. The molecule has 0 aromatic carbocycles. The molecular weight excluding hydrogens is 244 g/mol. The van der Waals surface area contributed by atoms with E-state index in [1.54, 1.807) is 29.7 Å². The zero-order chi connectivity index (χ0) is 14.0. The molecule has 2 N–H and O–H groups in total. The molecule has 0 aliphatic heterocycles. The van der Waals surface area contributed by atoms with Gasteiger partial charge < -0.3 is 10.6 Å². The number of rotatable bonds is 4. The number of likely N-dealkylation sites (N-methyl/N-ethyl adjacent to an activating group) is 1. The monoisotopic (exact) mass is 262 g/mol. The molecule has 19 heavy (non-hydrogen) atoms. The zero-order valence-corrected chi connectivity index (χ0v) is 11.5. The summed E-state index contributed by atoms with van der Waals surface area (Å²) in [5, 5.41) is 14.1. The minimum Gasteiger partial charge on any atom is -0.309 e. The van der Waals surface area contributed by atoms with Crippen LogP contribution in [0, 0.1) is 6.92 Å². The predicted octanol–water partition coefficient (Wildman–Crippen LogP) is 0.361. The Hall–Kier alpha value is -2.15. The fourth-order valence-electron chi connectivity index (χ4n) is 1.96. The van der Waals surface area contributed by atoms with Gasteiger partial charge in [-0.25, -0.2) is 0 Å². The number of hydrogen-bond acceptors (Lipinski definition) is 4. The predicted molar refractivity (Wildman–Crippen MR) is 71.6 cm³/mol. The minimum atomic E-state index is -0.441. The van der Waals surface area contributed by atoms with Crippen molar-refractivity contribution in [3.8, 4) is 0 Å². The van der Waals surface area contributed by atoms with Gasteiger partial charge in [-0.1, -0.05) is 0 Å². The second-order valence-electron chi connectivity index (χ2n) is 4.45. The average Bonchev–Trinajstić information content (AvgIpc) is 2.87. The molecule has 2 aromatic rings. The summed E-state index contributed by atoms with van der Waals surface area (Å²) in [4.78, 5) is 12.3. The van der Waals surface area contributed by atoms with Crippen molar-refractivity contribution >= 4 is 11.7 Å². The van der Waals surface area contributed by atoms with Crippen molar-refractivity contribution in [2.24, 2.45) is 14.1 Å². The van der Waals surface area contributed by atoms with E-state index in [1.165, 1.54) is 0 Å². The third-order valence-electron chi connectivity index (χ3n) is 2.86. The standard InChI is InChI=1S/C12H18N6O/c1-8-5-10(18(4)16-8)15-12(19)11(13-2)9-6-14-17(3)7-9/h5-7,11,13H,1-4H3,(H,15,19). The van der Waals surface area contributed by atoms with E-state index in [-0.39, 0.29) is 5.91 Å². The van der Waals surface area contributed by atoms with Gasteiger partial charge in [0.25, 0.3) is 0 Å². The van der Waals surface area contributed by atoms with Crippen molar-refractivity contribution in [1.82, 2.24) is 24.9 Å². The van der Waals surface area contributed by atoms with Gasteiger partial charge >= 0.3 is 0 Å². The number of hydrogen-bond donors (Lipinski definition) is 2. The molecule has 1 unspecified atom stereocenters. The van der Waals surface area contributed by atoms with Gasteiger partial charge in [-0.2, -0.15) is 10.2 Å². The van der Waals surface area contributed by atoms with Crippen LogP contribution in [-0.4, -0.2) is 32.5 Å². The first-order valence-electron chi connectivity index (χ1n) is 5.98. The molecule has 0 radical (unpaired) electrons. The van der Waals surface area contributed by atoms with Gasteiger partial charge in [0.15, 0.2) is 0 Å². The van der Waals surface area contributed by atoms with E-state index in [4.69, 9.17) is 0 Å². The van der Waals surface area contributed by atoms with Gasteiger partial charge in [-0.15, -0.1) is 0 Å². The summed E-state index contributed by atoms with van der Waals surface area (Å²) in [5.74, 6) is 0.533. The Morgan fingerprint density at radius 3 is 2.63 bits per heavy atom. The molecule has 0 spiro atoms. The Morgan fingerprint density at radius 2 is 2.16 bits per heavy atom. The first kappa shape index (κ1) is 13.3. The van der Waals surface area contributed by atoms with Crippen LogP contribution < -0.4 is 10.6 Å². The van der Waals surface area contributed by atoms with Crippen LogP contribution in [0.5, 0.6) is 0 Å². The first-order chi connectivity index (χ1) is 9.01. The van der Waals surface area contributed by atoms with Gasteiger partial charge in [0, 0.05) is 31.9 Å². The van der Waals surface area contributed by atoms with Crippen molar-refractivity contribution in [1.29, 1.82) is 0 Å². The van der Waals surface area contributed by atoms with E-state index in [0.29, 0.717) is 5.82 Å². The maximum atomic E-state index is 12.3. The number of nitrogens with zero attached hydrogens (tertiary/aromatic N) is 4. The molecule has 0 aliphatic carbocycles. The molecule has 2 heterocycles. The van der Waals surface area contributed by atoms with E-state index >= 15 is 0 Å². The first-order valence-corrected chi connectivity index (χ1v) is 5.98. The molecule has 0 bridgehead atoms. The third kappa shape index (κ3) is 2.82. The Morgan fingerprint density at radius 1 is 1.42 bits per heavy atom. The maximum Gasteiger partial charge on any atom is 0.247 e. The molecule has 1 amide bonds. The van der Waals surface area contributed by atoms with E-state index in [2.05, 4.69) is 20.8 Å². The summed E-state index contributed by atoms with van der Waals surface area (Å²) in [6.07, 6.45) is 3.49. The number of aryl methyl sites for hydroxylation is 3. The van der Waals surface area contributed by atoms with Crippen molar-refractivity contribution < 1.29 is 4.79 Å². The quantitative estimate of drug-likeness (QED) is 0.834. The van der Waals surface area contributed by atoms with Gasteiger partial charge in [0.2, 0.25) is 5.91 Å². The maximum absolute atomic E-state index is 12.3. The third-order valence-corrected chi connectivity index (χ3v) is 2.86. The van der Waals surface area contributed by atoms with Gasteiger partial charge in [0.1, 0.15) is 11.9 Å². The molecule has 102 valence electrons. The SMILES string of the molecule is CNC(C(=O)Nc1cc(C)nn1C)c1cnn(C)c1. The van der Waals surface area contributed by atoms with Crippen LogP contribution in [-0.2, 0) is 18.9 Å². The molecule has 2 rings (SSSR count). The molecule has 0 fully saturated rings. The number of anilines is 1. The largest absolute Gasteiger partial charge is 0.309 e. The fraction of sp³-hybridized carbons (Fsp3) is 0.417. The van der Waals surface area contributed by atoms with Crippen molar-refractivity contribution in [3.05, 3.63) is 29.7 Å². The molecular formula is C12H18N6O.